The first-order chi connectivity index (χ1) is 8.95. The highest BCUT2D eigenvalue weighted by molar-refractivity contribution is 7.12. The smallest absolute Gasteiger partial charge is 0.119 e. The van der Waals surface area contributed by atoms with Crippen LogP contribution in [0.5, 0.6) is 11.5 Å². The molecule has 0 aliphatic rings. The normalized spacial score (nSPS) is 12.6. The van der Waals surface area contributed by atoms with Crippen LogP contribution in [-0.4, -0.2) is 10.2 Å². The molecule has 102 valence electrons. The molecule has 2 rings (SSSR count). The molecule has 3 nitrogen and oxygen atoms in total. The summed E-state index contributed by atoms with van der Waals surface area (Å²) >= 11 is 1.80. The van der Waals surface area contributed by atoms with Crippen molar-refractivity contribution in [3.8, 4) is 11.5 Å². The summed E-state index contributed by atoms with van der Waals surface area (Å²) in [6.07, 6.45) is 0. The molecule has 1 unspecified atom stereocenters. The summed E-state index contributed by atoms with van der Waals surface area (Å²) in [6, 6.07) is 6.94. The monoisotopic (exact) mass is 277 g/mol. The summed E-state index contributed by atoms with van der Waals surface area (Å²) in [5.41, 5.74) is 2.20. The van der Waals surface area contributed by atoms with Gasteiger partial charge in [0, 0.05) is 28.4 Å². The number of phenolic OH excluding ortho intramolecular Hbond substituents is 2. The molecule has 0 radical (unpaired) electrons. The van der Waals surface area contributed by atoms with E-state index in [1.807, 2.05) is 6.92 Å². The van der Waals surface area contributed by atoms with Gasteiger partial charge in [-0.15, -0.1) is 11.3 Å². The van der Waals surface area contributed by atoms with Crippen molar-refractivity contribution in [1.29, 1.82) is 0 Å². The highest BCUT2D eigenvalue weighted by atomic mass is 32.1. The van der Waals surface area contributed by atoms with Crippen molar-refractivity contribution in [3.63, 3.8) is 0 Å². The van der Waals surface area contributed by atoms with Gasteiger partial charge in [-0.2, -0.15) is 0 Å². The lowest BCUT2D eigenvalue weighted by Gasteiger charge is -2.14. The zero-order valence-electron chi connectivity index (χ0n) is 11.4. The van der Waals surface area contributed by atoms with Crippen molar-refractivity contribution in [2.45, 2.75) is 33.4 Å². The summed E-state index contributed by atoms with van der Waals surface area (Å²) in [5.74, 6) is 0.179. The van der Waals surface area contributed by atoms with Gasteiger partial charge in [0.2, 0.25) is 0 Å². The molecule has 0 aliphatic heterocycles. The molecule has 1 atom stereocenters. The van der Waals surface area contributed by atoms with Crippen molar-refractivity contribution in [2.24, 2.45) is 0 Å². The third-order valence-electron chi connectivity index (χ3n) is 3.22. The summed E-state index contributed by atoms with van der Waals surface area (Å²) in [6.45, 7) is 7.05. The van der Waals surface area contributed by atoms with Crippen LogP contribution in [0.4, 0.5) is 0 Å². The first-order valence-corrected chi connectivity index (χ1v) is 7.09. The van der Waals surface area contributed by atoms with Gasteiger partial charge in [-0.05, 0) is 50.1 Å². The van der Waals surface area contributed by atoms with Crippen LogP contribution in [0.3, 0.4) is 0 Å². The minimum absolute atomic E-state index is 0.0701. The maximum atomic E-state index is 9.48. The van der Waals surface area contributed by atoms with E-state index < -0.39 is 0 Å². The van der Waals surface area contributed by atoms with Gasteiger partial charge in [0.1, 0.15) is 11.5 Å². The minimum atomic E-state index is 0.0701. The van der Waals surface area contributed by atoms with E-state index in [0.29, 0.717) is 0 Å². The summed E-state index contributed by atoms with van der Waals surface area (Å²) in [5, 5.41) is 22.4. The van der Waals surface area contributed by atoms with Gasteiger partial charge < -0.3 is 15.5 Å². The predicted octanol–water partition coefficient (Wildman–Crippen LogP) is 3.63. The summed E-state index contributed by atoms with van der Waals surface area (Å²) in [7, 11) is 0. The predicted molar refractivity (Wildman–Crippen MR) is 78.8 cm³/mol. The topological polar surface area (TPSA) is 52.5 Å². The number of aromatic hydroxyl groups is 2. The fourth-order valence-corrected chi connectivity index (χ4v) is 2.98. The van der Waals surface area contributed by atoms with Crippen LogP contribution in [0.15, 0.2) is 24.3 Å². The Labute approximate surface area is 117 Å². The molecule has 2 aromatic rings. The minimum Gasteiger partial charge on any atom is -0.508 e. The van der Waals surface area contributed by atoms with Crippen LogP contribution < -0.4 is 5.32 Å². The van der Waals surface area contributed by atoms with E-state index in [9.17, 15) is 10.2 Å². The standard InChI is InChI=1S/C15H19NO2S/c1-9-4-15(19-11(9)3)8-16-10(2)12-5-13(17)7-14(18)6-12/h4-7,10,16-18H,8H2,1-3H3. The van der Waals surface area contributed by atoms with Crippen LogP contribution in [-0.2, 0) is 6.54 Å². The number of benzene rings is 1. The van der Waals surface area contributed by atoms with Crippen LogP contribution in [0.2, 0.25) is 0 Å². The Morgan fingerprint density at radius 3 is 2.26 bits per heavy atom. The first kappa shape index (κ1) is 13.9. The molecule has 0 bridgehead atoms. The molecule has 1 heterocycles. The summed E-state index contributed by atoms with van der Waals surface area (Å²) in [4.78, 5) is 2.64. The van der Waals surface area contributed by atoms with Crippen molar-refractivity contribution in [1.82, 2.24) is 5.32 Å². The van der Waals surface area contributed by atoms with Crippen molar-refractivity contribution in [2.75, 3.05) is 0 Å². The molecular weight excluding hydrogens is 258 g/mol. The van der Waals surface area contributed by atoms with Gasteiger partial charge in [0.25, 0.3) is 0 Å². The van der Waals surface area contributed by atoms with Gasteiger partial charge in [-0.25, -0.2) is 0 Å². The molecule has 3 N–H and O–H groups in total. The Morgan fingerprint density at radius 2 is 1.74 bits per heavy atom. The van der Waals surface area contributed by atoms with Crippen LogP contribution in [0.1, 0.15) is 33.8 Å². The van der Waals surface area contributed by atoms with E-state index >= 15 is 0 Å². The molecule has 4 heteroatoms. The van der Waals surface area contributed by atoms with E-state index in [1.165, 1.54) is 21.4 Å². The van der Waals surface area contributed by atoms with Crippen LogP contribution in [0, 0.1) is 13.8 Å². The van der Waals surface area contributed by atoms with Crippen LogP contribution >= 0.6 is 11.3 Å². The van der Waals surface area contributed by atoms with Crippen molar-refractivity contribution < 1.29 is 10.2 Å². The quantitative estimate of drug-likeness (QED) is 0.800. The fourth-order valence-electron chi connectivity index (χ4n) is 1.98. The van der Waals surface area contributed by atoms with Gasteiger partial charge in [-0.1, -0.05) is 0 Å². The van der Waals surface area contributed by atoms with E-state index in [1.54, 1.807) is 23.5 Å². The second-order valence-electron chi connectivity index (χ2n) is 4.84. The Bertz CT molecular complexity index is 538. The number of aryl methyl sites for hydroxylation is 2. The average Bonchev–Trinajstić information content (AvgIpc) is 2.64. The lowest BCUT2D eigenvalue weighted by Crippen LogP contribution is -2.17. The maximum Gasteiger partial charge on any atom is 0.119 e. The first-order valence-electron chi connectivity index (χ1n) is 6.28. The summed E-state index contributed by atoms with van der Waals surface area (Å²) < 4.78 is 0. The fraction of sp³-hybridized carbons (Fsp3) is 0.333. The highest BCUT2D eigenvalue weighted by Crippen LogP contribution is 2.26. The van der Waals surface area contributed by atoms with Crippen molar-refractivity contribution in [3.05, 3.63) is 45.1 Å². The SMILES string of the molecule is Cc1cc(CNC(C)c2cc(O)cc(O)c2)sc1C. The van der Waals surface area contributed by atoms with E-state index in [2.05, 4.69) is 25.2 Å². The zero-order chi connectivity index (χ0) is 14.0. The second-order valence-corrected chi connectivity index (χ2v) is 6.18. The molecule has 1 aromatic carbocycles. The number of phenols is 2. The molecular formula is C15H19NO2S. The van der Waals surface area contributed by atoms with E-state index in [0.717, 1.165) is 12.1 Å². The largest absolute Gasteiger partial charge is 0.508 e. The molecule has 0 spiro atoms. The van der Waals surface area contributed by atoms with Crippen molar-refractivity contribution >= 4 is 11.3 Å². The highest BCUT2D eigenvalue weighted by Gasteiger charge is 2.09. The molecule has 1 aromatic heterocycles. The number of hydrogen-bond donors (Lipinski definition) is 3. The number of rotatable bonds is 4. The lowest BCUT2D eigenvalue weighted by atomic mass is 10.1. The third-order valence-corrected chi connectivity index (χ3v) is 4.38. The Balaban J connectivity index is 2.02. The lowest BCUT2D eigenvalue weighted by molar-refractivity contribution is 0.446. The van der Waals surface area contributed by atoms with E-state index in [4.69, 9.17) is 0 Å². The van der Waals surface area contributed by atoms with Gasteiger partial charge in [-0.3, -0.25) is 0 Å². The molecule has 0 amide bonds. The Kier molecular flexibility index (Phi) is 4.12. The van der Waals surface area contributed by atoms with Gasteiger partial charge >= 0.3 is 0 Å². The van der Waals surface area contributed by atoms with Gasteiger partial charge in [0.05, 0.1) is 0 Å². The second kappa shape index (κ2) is 5.63. The number of hydrogen-bond acceptors (Lipinski definition) is 4. The molecule has 0 fully saturated rings. The Morgan fingerprint density at radius 1 is 1.11 bits per heavy atom. The number of nitrogens with one attached hydrogen (secondary N) is 1. The maximum absolute atomic E-state index is 9.48. The molecule has 0 aliphatic carbocycles. The third kappa shape index (κ3) is 3.49. The molecule has 0 saturated heterocycles. The zero-order valence-corrected chi connectivity index (χ0v) is 12.2. The molecule has 19 heavy (non-hydrogen) atoms. The van der Waals surface area contributed by atoms with E-state index in [-0.39, 0.29) is 17.5 Å². The number of thiophene rings is 1. The van der Waals surface area contributed by atoms with Crippen LogP contribution in [0.25, 0.3) is 0 Å². The Hall–Kier alpha value is -1.52. The molecule has 0 saturated carbocycles. The van der Waals surface area contributed by atoms with Gasteiger partial charge in [0.15, 0.2) is 0 Å². The average molecular weight is 277 g/mol.